The van der Waals surface area contributed by atoms with Crippen LogP contribution in [0.5, 0.6) is 0 Å². The first-order chi connectivity index (χ1) is 8.61. The predicted molar refractivity (Wildman–Crippen MR) is 68.1 cm³/mol. The van der Waals surface area contributed by atoms with E-state index in [1.807, 2.05) is 19.1 Å². The van der Waals surface area contributed by atoms with Crippen LogP contribution in [-0.4, -0.2) is 13.1 Å². The fourth-order valence-electron chi connectivity index (χ4n) is 2.46. The molecule has 1 aliphatic rings. The molecule has 1 aromatic carbocycles. The van der Waals surface area contributed by atoms with Crippen molar-refractivity contribution in [1.29, 1.82) is 5.26 Å². The molecule has 3 heteroatoms. The zero-order valence-electron chi connectivity index (χ0n) is 10.8. The Morgan fingerprint density at radius 2 is 2.22 bits per heavy atom. The van der Waals surface area contributed by atoms with Gasteiger partial charge in [0.05, 0.1) is 24.2 Å². The molecule has 1 aliphatic carbocycles. The van der Waals surface area contributed by atoms with Crippen molar-refractivity contribution in [3.8, 4) is 6.07 Å². The number of carbonyl (C=O) groups is 1. The summed E-state index contributed by atoms with van der Waals surface area (Å²) in [6.45, 7) is 1.97. The first-order valence-corrected chi connectivity index (χ1v) is 6.22. The molecule has 0 bridgehead atoms. The molecule has 1 aromatic rings. The number of hydrogen-bond donors (Lipinski definition) is 0. The second-order valence-electron chi connectivity index (χ2n) is 5.01. The van der Waals surface area contributed by atoms with Gasteiger partial charge in [-0.25, -0.2) is 4.79 Å². The fourth-order valence-corrected chi connectivity index (χ4v) is 2.46. The summed E-state index contributed by atoms with van der Waals surface area (Å²) in [5.41, 5.74) is 0.927. The van der Waals surface area contributed by atoms with Crippen molar-refractivity contribution < 1.29 is 9.53 Å². The molecule has 3 nitrogen and oxygen atoms in total. The summed E-state index contributed by atoms with van der Waals surface area (Å²) in [7, 11) is 1.37. The normalized spacial score (nSPS) is 18.3. The summed E-state index contributed by atoms with van der Waals surface area (Å²) in [5.74, 6) is 0.0427. The maximum atomic E-state index is 11.5. The molecule has 1 atom stereocenters. The Labute approximate surface area is 107 Å². The van der Waals surface area contributed by atoms with E-state index in [-0.39, 0.29) is 5.97 Å². The van der Waals surface area contributed by atoms with Crippen molar-refractivity contribution >= 4 is 5.97 Å². The molecule has 2 rings (SSSR count). The van der Waals surface area contributed by atoms with E-state index in [9.17, 15) is 10.1 Å². The van der Waals surface area contributed by atoms with Gasteiger partial charge in [0.1, 0.15) is 0 Å². The highest BCUT2D eigenvalue weighted by atomic mass is 16.5. The Morgan fingerprint density at radius 1 is 1.50 bits per heavy atom. The molecule has 1 fully saturated rings. The van der Waals surface area contributed by atoms with Crippen molar-refractivity contribution in [3.05, 3.63) is 35.4 Å². The van der Waals surface area contributed by atoms with Gasteiger partial charge in [0.15, 0.2) is 0 Å². The van der Waals surface area contributed by atoms with Crippen LogP contribution in [0.25, 0.3) is 0 Å². The minimum Gasteiger partial charge on any atom is -0.465 e. The third-order valence-electron chi connectivity index (χ3n) is 4.04. The Morgan fingerprint density at radius 3 is 2.72 bits per heavy atom. The molecule has 0 N–H and O–H groups in total. The first-order valence-electron chi connectivity index (χ1n) is 6.22. The van der Waals surface area contributed by atoms with Gasteiger partial charge in [-0.2, -0.15) is 5.26 Å². The average Bonchev–Trinajstić information content (AvgIpc) is 2.35. The standard InChI is InChI=1S/C15H17NO2/c1-15(10-16,12-6-4-7-12)13-8-3-5-11(9-13)14(17)18-2/h3,5,8-9,12H,4,6-7H2,1-2H3. The molecule has 0 radical (unpaired) electrons. The Hall–Kier alpha value is -1.82. The molecule has 1 saturated carbocycles. The van der Waals surface area contributed by atoms with Crippen molar-refractivity contribution in [3.63, 3.8) is 0 Å². The number of nitriles is 1. The van der Waals surface area contributed by atoms with Gasteiger partial charge in [-0.3, -0.25) is 0 Å². The first kappa shape index (κ1) is 12.6. The second kappa shape index (κ2) is 4.81. The molecular weight excluding hydrogens is 226 g/mol. The lowest BCUT2D eigenvalue weighted by Crippen LogP contribution is -2.35. The zero-order valence-corrected chi connectivity index (χ0v) is 10.8. The van der Waals surface area contributed by atoms with E-state index >= 15 is 0 Å². The van der Waals surface area contributed by atoms with Crippen molar-refractivity contribution in [2.75, 3.05) is 7.11 Å². The van der Waals surface area contributed by atoms with Crippen LogP contribution in [-0.2, 0) is 10.2 Å². The van der Waals surface area contributed by atoms with Crippen LogP contribution in [0.15, 0.2) is 24.3 Å². The summed E-state index contributed by atoms with van der Waals surface area (Å²) in [4.78, 5) is 11.5. The maximum Gasteiger partial charge on any atom is 0.337 e. The van der Waals surface area contributed by atoms with E-state index in [1.165, 1.54) is 13.5 Å². The van der Waals surface area contributed by atoms with Gasteiger partial charge in [-0.1, -0.05) is 18.6 Å². The number of nitrogens with zero attached hydrogens (tertiary/aromatic N) is 1. The number of benzene rings is 1. The minimum absolute atomic E-state index is 0.356. The van der Waals surface area contributed by atoms with Gasteiger partial charge in [0, 0.05) is 0 Å². The molecular formula is C15H17NO2. The number of rotatable bonds is 3. The Bertz CT molecular complexity index is 499. The predicted octanol–water partition coefficient (Wildman–Crippen LogP) is 3.05. The van der Waals surface area contributed by atoms with Gasteiger partial charge in [0.25, 0.3) is 0 Å². The molecule has 0 spiro atoms. The smallest absolute Gasteiger partial charge is 0.337 e. The van der Waals surface area contributed by atoms with Crippen molar-refractivity contribution in [2.45, 2.75) is 31.6 Å². The molecule has 18 heavy (non-hydrogen) atoms. The van der Waals surface area contributed by atoms with E-state index in [1.54, 1.807) is 12.1 Å². The summed E-state index contributed by atoms with van der Waals surface area (Å²) in [6, 6.07) is 9.67. The number of esters is 1. The van der Waals surface area contributed by atoms with E-state index in [0.29, 0.717) is 11.5 Å². The van der Waals surface area contributed by atoms with Gasteiger partial charge < -0.3 is 4.74 Å². The molecule has 0 saturated heterocycles. The maximum absolute atomic E-state index is 11.5. The average molecular weight is 243 g/mol. The highest BCUT2D eigenvalue weighted by Gasteiger charge is 2.39. The van der Waals surface area contributed by atoms with Crippen molar-refractivity contribution in [1.82, 2.24) is 0 Å². The lowest BCUT2D eigenvalue weighted by atomic mass is 9.64. The third kappa shape index (κ3) is 1.99. The highest BCUT2D eigenvalue weighted by molar-refractivity contribution is 5.89. The van der Waals surface area contributed by atoms with Crippen LogP contribution in [0, 0.1) is 17.2 Å². The quantitative estimate of drug-likeness (QED) is 0.767. The lowest BCUT2D eigenvalue weighted by molar-refractivity contribution is 0.0600. The van der Waals surface area contributed by atoms with Crippen LogP contribution in [0.2, 0.25) is 0 Å². The Kier molecular flexibility index (Phi) is 3.38. The molecule has 0 amide bonds. The van der Waals surface area contributed by atoms with Crippen LogP contribution in [0.1, 0.15) is 42.1 Å². The van der Waals surface area contributed by atoms with Crippen LogP contribution < -0.4 is 0 Å². The van der Waals surface area contributed by atoms with E-state index < -0.39 is 5.41 Å². The third-order valence-corrected chi connectivity index (χ3v) is 4.04. The number of hydrogen-bond acceptors (Lipinski definition) is 3. The zero-order chi connectivity index (χ0) is 13.2. The lowest BCUT2D eigenvalue weighted by Gasteiger charge is -2.38. The van der Waals surface area contributed by atoms with Gasteiger partial charge >= 0.3 is 5.97 Å². The number of carbonyl (C=O) groups excluding carboxylic acids is 1. The monoisotopic (exact) mass is 243 g/mol. The van der Waals surface area contributed by atoms with Crippen molar-refractivity contribution in [2.24, 2.45) is 5.92 Å². The summed E-state index contributed by atoms with van der Waals surface area (Å²) >= 11 is 0. The highest BCUT2D eigenvalue weighted by Crippen LogP contribution is 2.43. The molecule has 1 unspecified atom stereocenters. The minimum atomic E-state index is -0.498. The largest absolute Gasteiger partial charge is 0.465 e. The molecule has 94 valence electrons. The van der Waals surface area contributed by atoms with E-state index in [4.69, 9.17) is 4.74 Å². The number of methoxy groups -OCH3 is 1. The van der Waals surface area contributed by atoms with E-state index in [0.717, 1.165) is 18.4 Å². The van der Waals surface area contributed by atoms with Gasteiger partial charge in [-0.05, 0) is 43.4 Å². The topological polar surface area (TPSA) is 50.1 Å². The Balaban J connectivity index is 2.37. The molecule has 0 heterocycles. The molecule has 0 aliphatic heterocycles. The van der Waals surface area contributed by atoms with Crippen LogP contribution >= 0.6 is 0 Å². The fraction of sp³-hybridized carbons (Fsp3) is 0.467. The second-order valence-corrected chi connectivity index (χ2v) is 5.01. The SMILES string of the molecule is COC(=O)c1cccc(C(C)(C#N)C2CCC2)c1. The van der Waals surface area contributed by atoms with Gasteiger partial charge in [-0.15, -0.1) is 0 Å². The van der Waals surface area contributed by atoms with Crippen LogP contribution in [0.4, 0.5) is 0 Å². The summed E-state index contributed by atoms with van der Waals surface area (Å²) < 4.78 is 4.72. The number of ether oxygens (including phenoxy) is 1. The molecule has 0 aromatic heterocycles. The van der Waals surface area contributed by atoms with E-state index in [2.05, 4.69) is 6.07 Å². The summed E-state index contributed by atoms with van der Waals surface area (Å²) in [6.07, 6.45) is 3.37. The van der Waals surface area contributed by atoms with Crippen LogP contribution in [0.3, 0.4) is 0 Å². The van der Waals surface area contributed by atoms with Gasteiger partial charge in [0.2, 0.25) is 0 Å². The summed E-state index contributed by atoms with van der Waals surface area (Å²) in [5, 5.41) is 9.49.